The first-order chi connectivity index (χ1) is 10.5. The molecule has 0 aromatic heterocycles. The van der Waals surface area contributed by atoms with Crippen molar-refractivity contribution in [2.75, 3.05) is 5.32 Å². The van der Waals surface area contributed by atoms with Gasteiger partial charge < -0.3 is 10.4 Å². The van der Waals surface area contributed by atoms with E-state index in [2.05, 4.69) is 5.32 Å². The molecule has 2 atom stereocenters. The molecule has 0 heterocycles. The largest absolute Gasteiger partial charge is 0.481 e. The highest BCUT2D eigenvalue weighted by atomic mass is 32.2. The minimum absolute atomic E-state index is 0.0611. The standard InChI is InChI=1S/C16H21NO5S/c1-16(2,3)23(21,22)9-10-4-6-11(7-5-10)17-14(18)12-8-13(12)15(19)20/h4-7,12-13H,8-9H2,1-3H3,(H,17,18)(H,19,20)/t12-,13-/m1/s1. The van der Waals surface area contributed by atoms with Gasteiger partial charge in [-0.05, 0) is 44.9 Å². The van der Waals surface area contributed by atoms with Gasteiger partial charge >= 0.3 is 5.97 Å². The van der Waals surface area contributed by atoms with E-state index in [9.17, 15) is 18.0 Å². The smallest absolute Gasteiger partial charge is 0.307 e. The lowest BCUT2D eigenvalue weighted by Crippen LogP contribution is -2.29. The van der Waals surface area contributed by atoms with Gasteiger partial charge in [0.15, 0.2) is 9.84 Å². The molecule has 1 aliphatic carbocycles. The summed E-state index contributed by atoms with van der Waals surface area (Å²) in [6, 6.07) is 6.56. The number of amides is 1. The molecule has 2 N–H and O–H groups in total. The lowest BCUT2D eigenvalue weighted by molar-refractivity contribution is -0.139. The lowest BCUT2D eigenvalue weighted by atomic mass is 10.2. The predicted octanol–water partition coefficient (Wildman–Crippen LogP) is 2.06. The van der Waals surface area contributed by atoms with Crippen molar-refractivity contribution in [2.45, 2.75) is 37.7 Å². The second-order valence-electron chi connectivity index (χ2n) is 6.84. The number of hydrogen-bond donors (Lipinski definition) is 2. The Labute approximate surface area is 135 Å². The number of sulfone groups is 1. The van der Waals surface area contributed by atoms with Gasteiger partial charge in [0.05, 0.1) is 22.3 Å². The molecule has 1 aromatic carbocycles. The van der Waals surface area contributed by atoms with Crippen molar-refractivity contribution in [3.8, 4) is 0 Å². The summed E-state index contributed by atoms with van der Waals surface area (Å²) in [5.41, 5.74) is 1.18. The first-order valence-electron chi connectivity index (χ1n) is 7.36. The SMILES string of the molecule is CC(C)(C)S(=O)(=O)Cc1ccc(NC(=O)[C@@H]2C[C@H]2C(=O)O)cc1. The highest BCUT2D eigenvalue weighted by Crippen LogP contribution is 2.39. The molecule has 0 aliphatic heterocycles. The van der Waals surface area contributed by atoms with Crippen molar-refractivity contribution in [3.05, 3.63) is 29.8 Å². The Morgan fingerprint density at radius 3 is 2.17 bits per heavy atom. The molecule has 1 saturated carbocycles. The molecule has 1 aliphatic rings. The maximum atomic E-state index is 12.2. The molecule has 0 spiro atoms. The molecule has 0 saturated heterocycles. The van der Waals surface area contributed by atoms with Gasteiger partial charge in [-0.15, -0.1) is 0 Å². The third-order valence-corrected chi connectivity index (χ3v) is 6.53. The molecule has 7 heteroatoms. The van der Waals surface area contributed by atoms with Crippen LogP contribution in [0, 0.1) is 11.8 Å². The highest BCUT2D eigenvalue weighted by molar-refractivity contribution is 7.91. The van der Waals surface area contributed by atoms with Gasteiger partial charge in [-0.25, -0.2) is 8.42 Å². The van der Waals surface area contributed by atoms with Gasteiger partial charge in [-0.2, -0.15) is 0 Å². The number of carboxylic acids is 1. The summed E-state index contributed by atoms with van der Waals surface area (Å²) in [4.78, 5) is 22.6. The average Bonchev–Trinajstić information content (AvgIpc) is 3.19. The fourth-order valence-corrected chi connectivity index (χ4v) is 3.18. The first kappa shape index (κ1) is 17.5. The van der Waals surface area contributed by atoms with Crippen LogP contribution in [0.1, 0.15) is 32.8 Å². The molecule has 1 fully saturated rings. The fourth-order valence-electron chi connectivity index (χ4n) is 2.11. The van der Waals surface area contributed by atoms with Gasteiger partial charge in [0.1, 0.15) is 0 Å². The maximum absolute atomic E-state index is 12.2. The Kier molecular flexibility index (Phi) is 4.52. The van der Waals surface area contributed by atoms with Gasteiger partial charge in [-0.3, -0.25) is 9.59 Å². The Morgan fingerprint density at radius 1 is 1.17 bits per heavy atom. The van der Waals surface area contributed by atoms with E-state index in [-0.39, 0.29) is 11.7 Å². The summed E-state index contributed by atoms with van der Waals surface area (Å²) >= 11 is 0. The number of anilines is 1. The van der Waals surface area contributed by atoms with E-state index >= 15 is 0 Å². The minimum Gasteiger partial charge on any atom is -0.481 e. The minimum atomic E-state index is -3.26. The highest BCUT2D eigenvalue weighted by Gasteiger charge is 2.48. The second-order valence-corrected chi connectivity index (χ2v) is 9.59. The third-order valence-electron chi connectivity index (χ3n) is 3.96. The van der Waals surface area contributed by atoms with Crippen LogP contribution in [0.3, 0.4) is 0 Å². The fraction of sp³-hybridized carbons (Fsp3) is 0.500. The van der Waals surface area contributed by atoms with Crippen LogP contribution in [0.2, 0.25) is 0 Å². The number of carboxylic acid groups (broad SMARTS) is 1. The summed E-state index contributed by atoms with van der Waals surface area (Å²) in [6.07, 6.45) is 0.364. The van der Waals surface area contributed by atoms with E-state index in [1.807, 2.05) is 0 Å². The number of rotatable bonds is 5. The number of benzene rings is 1. The van der Waals surface area contributed by atoms with E-state index in [0.717, 1.165) is 0 Å². The first-order valence-corrected chi connectivity index (χ1v) is 9.01. The van der Waals surface area contributed by atoms with Crippen molar-refractivity contribution in [1.82, 2.24) is 0 Å². The Hall–Kier alpha value is -1.89. The monoisotopic (exact) mass is 339 g/mol. The molecule has 2 rings (SSSR count). The summed E-state index contributed by atoms with van der Waals surface area (Å²) < 4.78 is 23.5. The molecular weight excluding hydrogens is 318 g/mol. The van der Waals surface area contributed by atoms with Crippen molar-refractivity contribution >= 4 is 27.4 Å². The van der Waals surface area contributed by atoms with E-state index in [1.54, 1.807) is 45.0 Å². The van der Waals surface area contributed by atoms with Crippen LogP contribution in [-0.2, 0) is 25.2 Å². The maximum Gasteiger partial charge on any atom is 0.307 e. The second kappa shape index (κ2) is 5.96. The number of nitrogens with one attached hydrogen (secondary N) is 1. The predicted molar refractivity (Wildman–Crippen MR) is 86.7 cm³/mol. The summed E-state index contributed by atoms with van der Waals surface area (Å²) in [6.45, 7) is 4.97. The number of aliphatic carboxylic acids is 1. The quantitative estimate of drug-likeness (QED) is 0.855. The molecule has 6 nitrogen and oxygen atoms in total. The molecule has 1 aromatic rings. The van der Waals surface area contributed by atoms with Gasteiger partial charge in [0, 0.05) is 5.69 Å². The average molecular weight is 339 g/mol. The zero-order chi connectivity index (χ0) is 17.4. The van der Waals surface area contributed by atoms with Crippen molar-refractivity contribution in [2.24, 2.45) is 11.8 Å². The van der Waals surface area contributed by atoms with Crippen molar-refractivity contribution in [3.63, 3.8) is 0 Å². The lowest BCUT2D eigenvalue weighted by Gasteiger charge is -2.19. The summed E-state index contributed by atoms with van der Waals surface area (Å²) in [7, 11) is -3.26. The summed E-state index contributed by atoms with van der Waals surface area (Å²) in [5, 5.41) is 11.5. The molecule has 126 valence electrons. The van der Waals surface area contributed by atoms with Gasteiger partial charge in [-0.1, -0.05) is 12.1 Å². The van der Waals surface area contributed by atoms with E-state index in [0.29, 0.717) is 17.7 Å². The topological polar surface area (TPSA) is 101 Å². The Bertz CT molecular complexity index is 716. The molecule has 1 amide bonds. The normalized spacial score (nSPS) is 20.8. The zero-order valence-corrected chi connectivity index (χ0v) is 14.2. The van der Waals surface area contributed by atoms with Gasteiger partial charge in [0.25, 0.3) is 0 Å². The summed E-state index contributed by atoms with van der Waals surface area (Å²) in [5.74, 6) is -2.39. The Morgan fingerprint density at radius 2 is 1.74 bits per heavy atom. The molecular formula is C16H21NO5S. The number of hydrogen-bond acceptors (Lipinski definition) is 4. The van der Waals surface area contributed by atoms with Crippen LogP contribution >= 0.6 is 0 Å². The van der Waals surface area contributed by atoms with Crippen molar-refractivity contribution < 1.29 is 23.1 Å². The van der Waals surface area contributed by atoms with E-state index in [4.69, 9.17) is 5.11 Å². The van der Waals surface area contributed by atoms with E-state index in [1.165, 1.54) is 0 Å². The van der Waals surface area contributed by atoms with Crippen LogP contribution < -0.4 is 5.32 Å². The Balaban J connectivity index is 1.98. The van der Waals surface area contributed by atoms with Crippen LogP contribution in [0.4, 0.5) is 5.69 Å². The molecule has 0 bridgehead atoms. The van der Waals surface area contributed by atoms with Crippen LogP contribution in [-0.4, -0.2) is 30.1 Å². The number of carbonyl (C=O) groups is 2. The van der Waals surface area contributed by atoms with Crippen LogP contribution in [0.5, 0.6) is 0 Å². The van der Waals surface area contributed by atoms with E-state index < -0.39 is 32.4 Å². The van der Waals surface area contributed by atoms with Crippen LogP contribution in [0.25, 0.3) is 0 Å². The third kappa shape index (κ3) is 4.10. The molecule has 0 unspecified atom stereocenters. The molecule has 23 heavy (non-hydrogen) atoms. The molecule has 0 radical (unpaired) electrons. The zero-order valence-electron chi connectivity index (χ0n) is 13.4. The van der Waals surface area contributed by atoms with Crippen LogP contribution in [0.15, 0.2) is 24.3 Å². The van der Waals surface area contributed by atoms with Gasteiger partial charge in [0.2, 0.25) is 5.91 Å². The van der Waals surface area contributed by atoms with Crippen molar-refractivity contribution in [1.29, 1.82) is 0 Å². The number of carbonyl (C=O) groups excluding carboxylic acids is 1.